The van der Waals surface area contributed by atoms with Crippen LogP contribution in [0, 0.1) is 5.92 Å². The van der Waals surface area contributed by atoms with Gasteiger partial charge < -0.3 is 139 Å². The number of nitrogens with zero attached hydrogens (tertiary/aromatic N) is 1. The summed E-state index contributed by atoms with van der Waals surface area (Å²) in [6.07, 6.45) is -18.1. The number of hydrogen-bond donors (Lipinski definition) is 20. The van der Waals surface area contributed by atoms with Crippen molar-refractivity contribution in [2.75, 3.05) is 34.3 Å². The van der Waals surface area contributed by atoms with Crippen LogP contribution >= 0.6 is 23.2 Å². The Balaban J connectivity index is 0.00000162. The highest BCUT2D eigenvalue weighted by Gasteiger charge is 2.52. The Morgan fingerprint density at radius 1 is 0.706 bits per heavy atom. The van der Waals surface area contributed by atoms with Crippen LogP contribution in [0.15, 0.2) is 78.9 Å². The highest BCUT2D eigenvalue weighted by Crippen LogP contribution is 2.50. The molecule has 590 valence electrons. The zero-order valence-corrected chi connectivity index (χ0v) is 61.2. The lowest BCUT2D eigenvalue weighted by Gasteiger charge is -2.47. The van der Waals surface area contributed by atoms with E-state index >= 15 is 14.4 Å². The number of phenolic OH excluding ortho intramolecular Hbond substituents is 3. The minimum absolute atomic E-state index is 0.0975. The van der Waals surface area contributed by atoms with Crippen LogP contribution in [0.2, 0.25) is 10.0 Å². The third-order valence-electron chi connectivity index (χ3n) is 18.6. The van der Waals surface area contributed by atoms with Gasteiger partial charge in [0.05, 0.1) is 41.3 Å². The number of aromatic hydroxyl groups is 3. The van der Waals surface area contributed by atoms with Crippen LogP contribution in [-0.4, -0.2) is 222 Å². The lowest BCUT2D eigenvalue weighted by Crippen LogP contribution is -2.64. The fourth-order valence-electron chi connectivity index (χ4n) is 12.8. The van der Waals surface area contributed by atoms with E-state index in [4.69, 9.17) is 68.8 Å². The van der Waals surface area contributed by atoms with Crippen LogP contribution in [-0.2, 0) is 57.4 Å². The van der Waals surface area contributed by atoms with Gasteiger partial charge in [0.25, 0.3) is 0 Å². The normalized spacial score (nSPS) is 28.0. The summed E-state index contributed by atoms with van der Waals surface area (Å²) >= 11 is 14.1. The van der Waals surface area contributed by atoms with E-state index in [0.29, 0.717) is 6.42 Å². The van der Waals surface area contributed by atoms with E-state index in [0.717, 1.165) is 73.3 Å². The zero-order valence-electron chi connectivity index (χ0n) is 59.7. The number of carbonyl (C=O) groups is 9. The largest absolute Gasteiger partial charge is 0.508 e. The van der Waals surface area contributed by atoms with Crippen LogP contribution in [0.25, 0.3) is 11.1 Å². The number of carboxylic acid groups (broad SMARTS) is 1. The number of hydrogen-bond acceptors (Lipinski definition) is 27. The number of fused-ring (bicyclic) bond motifs is 15. The number of aliphatic hydroxyl groups is 6. The predicted molar refractivity (Wildman–Crippen MR) is 382 cm³/mol. The molecule has 23 N–H and O–H groups in total. The van der Waals surface area contributed by atoms with Gasteiger partial charge in [-0.2, -0.15) is 0 Å². The van der Waals surface area contributed by atoms with Crippen LogP contribution in [0.1, 0.15) is 112 Å². The van der Waals surface area contributed by atoms with Gasteiger partial charge in [0.2, 0.25) is 59.3 Å². The Kier molecular flexibility index (Phi) is 26.6. The second-order valence-electron chi connectivity index (χ2n) is 27.7. The first-order valence-corrected chi connectivity index (χ1v) is 34.9. The van der Waals surface area contributed by atoms with Crippen molar-refractivity contribution in [2.24, 2.45) is 23.1 Å². The minimum Gasteiger partial charge on any atom is -0.508 e. The molecule has 18 unspecified atom stereocenters. The third kappa shape index (κ3) is 19.3. The summed E-state index contributed by atoms with van der Waals surface area (Å²) in [7, 11) is 5.28. The van der Waals surface area contributed by atoms with Gasteiger partial charge in [0.15, 0.2) is 29.9 Å². The molecule has 0 aliphatic carbocycles. The molecule has 12 rings (SSSR count). The van der Waals surface area contributed by atoms with Crippen molar-refractivity contribution in [3.63, 3.8) is 0 Å². The average Bonchev–Trinajstić information content (AvgIpc) is 0.766. The van der Waals surface area contributed by atoms with Crippen molar-refractivity contribution in [3.05, 3.63) is 117 Å². The first kappa shape index (κ1) is 83.3. The smallest absolute Gasteiger partial charge is 0.330 e. The van der Waals surface area contributed by atoms with E-state index in [-0.39, 0.29) is 52.1 Å². The molecule has 5 aromatic rings. The van der Waals surface area contributed by atoms with Crippen molar-refractivity contribution < 1.29 is 123 Å². The Morgan fingerprint density at radius 3 is 1.85 bits per heavy atom. The molecule has 109 heavy (non-hydrogen) atoms. The number of aliphatic hydroxyl groups excluding tert-OH is 6. The maximum Gasteiger partial charge on any atom is 0.330 e. The summed E-state index contributed by atoms with van der Waals surface area (Å²) in [4.78, 5) is 129. The number of amides is 8. The number of aliphatic carboxylic acids is 1. The fourth-order valence-corrected chi connectivity index (χ4v) is 13.3. The summed E-state index contributed by atoms with van der Waals surface area (Å²) in [5.41, 5.74) is 12.9. The Hall–Kier alpha value is -9.77. The van der Waals surface area contributed by atoms with Gasteiger partial charge in [-0.1, -0.05) is 55.2 Å². The molecular formula is C71H87Cl2N11O25. The first-order valence-electron chi connectivity index (χ1n) is 34.2. The van der Waals surface area contributed by atoms with Crippen molar-refractivity contribution in [3.8, 4) is 57.1 Å². The Bertz CT molecular complexity index is 4290. The number of phenols is 3. The lowest BCUT2D eigenvalue weighted by atomic mass is 9.86. The number of nitrogens with two attached hydrogens (primary N) is 3. The molecule has 2 fully saturated rings. The minimum atomic E-state index is -2.35. The second kappa shape index (κ2) is 34.9. The maximum absolute atomic E-state index is 16.0. The third-order valence-corrected chi connectivity index (χ3v) is 19.2. The van der Waals surface area contributed by atoms with E-state index in [1.165, 1.54) is 33.0 Å². The number of primary amides is 2. The van der Waals surface area contributed by atoms with E-state index in [9.17, 15) is 79.8 Å². The van der Waals surface area contributed by atoms with Gasteiger partial charge in [-0.15, -0.1) is 0 Å². The van der Waals surface area contributed by atoms with E-state index in [1.807, 2.05) is 32.8 Å². The molecule has 5 aromatic carbocycles. The van der Waals surface area contributed by atoms with Crippen molar-refractivity contribution in [1.29, 1.82) is 0 Å². The summed E-state index contributed by atoms with van der Waals surface area (Å²) in [5, 5.41) is 131. The molecule has 8 amide bonds. The molecule has 2 saturated heterocycles. The maximum atomic E-state index is 16.0. The average molecular weight is 1570 g/mol. The van der Waals surface area contributed by atoms with Crippen molar-refractivity contribution in [2.45, 2.75) is 163 Å². The molecule has 0 spiro atoms. The van der Waals surface area contributed by atoms with Gasteiger partial charge in [-0.25, -0.2) is 4.79 Å². The molecular weight excluding hydrogens is 1480 g/mol. The number of carboxylic acids is 1. The van der Waals surface area contributed by atoms with Crippen LogP contribution in [0.4, 0.5) is 0 Å². The molecule has 0 radical (unpaired) electrons. The zero-order chi connectivity index (χ0) is 80.1. The summed E-state index contributed by atoms with van der Waals surface area (Å²) in [5.74, 6) is -16.2. The number of nitrogens with one attached hydrogen (secondary N) is 7. The molecule has 7 aliphatic rings. The molecule has 18 atom stereocenters. The van der Waals surface area contributed by atoms with Crippen LogP contribution in [0.5, 0.6) is 46.0 Å². The quantitative estimate of drug-likeness (QED) is 0.0594. The highest BCUT2D eigenvalue weighted by molar-refractivity contribution is 6.32. The van der Waals surface area contributed by atoms with Crippen molar-refractivity contribution >= 4 is 76.4 Å². The van der Waals surface area contributed by atoms with Crippen LogP contribution in [0.3, 0.4) is 0 Å². The van der Waals surface area contributed by atoms with E-state index in [2.05, 4.69) is 37.2 Å². The van der Waals surface area contributed by atoms with Gasteiger partial charge >= 0.3 is 5.97 Å². The number of carbonyl (C=O) groups excluding carboxylic acids is 8. The topological polar surface area (TPSA) is 577 Å². The number of halogens is 2. The molecule has 36 nitrogen and oxygen atoms in total. The first-order chi connectivity index (χ1) is 51.3. The lowest BCUT2D eigenvalue weighted by molar-refractivity contribution is -0.333. The van der Waals surface area contributed by atoms with Gasteiger partial charge in [-0.3, -0.25) is 38.4 Å². The van der Waals surface area contributed by atoms with Crippen LogP contribution < -0.4 is 68.6 Å². The van der Waals surface area contributed by atoms with Gasteiger partial charge in [0.1, 0.15) is 89.5 Å². The number of rotatable bonds is 16. The monoisotopic (exact) mass is 1560 g/mol. The second-order valence-corrected chi connectivity index (χ2v) is 28.5. The number of likely N-dealkylation sites (N-methyl/N-ethyl adjacent to an activating group) is 1. The number of ether oxygens (including phenoxy) is 6. The molecule has 7 aliphatic heterocycles. The summed E-state index contributed by atoms with van der Waals surface area (Å²) < 4.78 is 38.3. The molecule has 0 saturated carbocycles. The Labute approximate surface area is 632 Å². The summed E-state index contributed by atoms with van der Waals surface area (Å²) in [6, 6.07) is -0.679. The standard InChI is InChI=1S/C66H75Cl2N9O24.C5H12N2O/c1-23(2)12-34(71-5)58(88)76-49-51(83)26-7-10-38(32(67)14-26)97-40-16-28-17-41(55(40)101-65-56(54(86)53(85)42(22-78)99-65)100-44-21-66(4,70)57(87)24(3)96-44)98-39-11-8-27(15-33(39)68)52(84)50-63(93)75-48(64(94)95)31-18-29(79)19-37(81)45(31)30-13-25(6-9-36(30)80)46(60(90)77-50)74-61(91)47(28)73-59(89)35(20-43(69)82)72-62(49)92;1-7(2)4-3-5(6)8/h6-11,13-19,23-24,34-35,42,44,46-54,56-57,65,71,78-81,83-87H,12,20-22,70H2,1-5H3,(H2,69,82)(H,72,92)(H,73,89)(H,74,91)(H,75,93)(H,76,88)(H,77,90)(H,94,95);3-4H2,1-2H3,(H2,6,8). The Morgan fingerprint density at radius 2 is 1.30 bits per heavy atom. The SMILES string of the molecule is CN(C)CCC(N)=O.CNC(CC(C)C)C(=O)NC1C(=O)NC(CC(N)=O)C(=O)NC2C(=O)NC3C(=O)NC(C(=O)NC(C(=O)O)c4cc(O)cc(O)c4-c4cc3ccc4O)C(O)c3ccc(c(Cl)c3)Oc3cc2cc(c3OC2OC(CO)C(O)C(O)C2OC2CC(C)(N)C(O)C(C)O2)Oc2ccc(cc2Cl)C1O. The fraction of sp³-hybridized carbons (Fsp3) is 0.451. The van der Waals surface area contributed by atoms with E-state index < -0.39 is 237 Å². The van der Waals surface area contributed by atoms with E-state index in [1.54, 1.807) is 0 Å². The summed E-state index contributed by atoms with van der Waals surface area (Å²) in [6.45, 7) is 6.40. The van der Waals surface area contributed by atoms with Gasteiger partial charge in [0, 0.05) is 47.7 Å². The number of benzene rings is 5. The highest BCUT2D eigenvalue weighted by atomic mass is 35.5. The van der Waals surface area contributed by atoms with Crippen molar-refractivity contribution in [1.82, 2.24) is 42.1 Å². The predicted octanol–water partition coefficient (Wildman–Crippen LogP) is -0.470. The molecule has 11 bridgehead atoms. The van der Waals surface area contributed by atoms with Gasteiger partial charge in [-0.05, 0) is 124 Å². The molecule has 7 heterocycles. The molecule has 0 aromatic heterocycles. The molecule has 38 heteroatoms.